The molecular weight excluding hydrogens is 322 g/mol. The Bertz CT molecular complexity index is 633. The predicted octanol–water partition coefficient (Wildman–Crippen LogP) is 5.08. The summed E-state index contributed by atoms with van der Waals surface area (Å²) in [6.07, 6.45) is 0. The van der Waals surface area contributed by atoms with Crippen LogP contribution in [0.1, 0.15) is 17.8 Å². The molecule has 0 saturated carbocycles. The Kier molecular flexibility index (Phi) is 4.86. The molecule has 1 atom stereocenters. The molecule has 2 amide bonds. The molecule has 0 spiro atoms. The van der Waals surface area contributed by atoms with E-state index in [-0.39, 0.29) is 11.1 Å². The molecule has 3 nitrogen and oxygen atoms in total. The molecular formula is C13H11Cl2FN2OS. The highest BCUT2D eigenvalue weighted by molar-refractivity contribution is 7.16. The summed E-state index contributed by atoms with van der Waals surface area (Å²) >= 11 is 12.9. The summed E-state index contributed by atoms with van der Waals surface area (Å²) in [5.41, 5.74) is 0.422. The minimum atomic E-state index is -0.528. The van der Waals surface area contributed by atoms with Crippen LogP contribution in [0.2, 0.25) is 9.36 Å². The van der Waals surface area contributed by atoms with E-state index in [9.17, 15) is 9.18 Å². The molecule has 0 aliphatic rings. The first-order valence-corrected chi connectivity index (χ1v) is 7.31. The van der Waals surface area contributed by atoms with Crippen molar-refractivity contribution in [1.29, 1.82) is 0 Å². The van der Waals surface area contributed by atoms with Crippen LogP contribution in [0, 0.1) is 5.82 Å². The lowest BCUT2D eigenvalue weighted by atomic mass is 10.3. The fourth-order valence-electron chi connectivity index (χ4n) is 1.57. The highest BCUT2D eigenvalue weighted by atomic mass is 35.5. The van der Waals surface area contributed by atoms with E-state index in [1.807, 2.05) is 13.0 Å². The Morgan fingerprint density at radius 3 is 2.65 bits per heavy atom. The van der Waals surface area contributed by atoms with E-state index in [2.05, 4.69) is 10.6 Å². The zero-order chi connectivity index (χ0) is 14.7. The van der Waals surface area contributed by atoms with Gasteiger partial charge in [0.1, 0.15) is 5.82 Å². The fraction of sp³-hybridized carbons (Fsp3) is 0.154. The van der Waals surface area contributed by atoms with Crippen LogP contribution in [-0.4, -0.2) is 6.03 Å². The number of thiophene rings is 1. The number of halogens is 3. The van der Waals surface area contributed by atoms with E-state index in [0.29, 0.717) is 10.0 Å². The number of carbonyl (C=O) groups excluding carboxylic acids is 1. The molecule has 1 heterocycles. The lowest BCUT2D eigenvalue weighted by molar-refractivity contribution is 0.249. The Morgan fingerprint density at radius 1 is 1.30 bits per heavy atom. The van der Waals surface area contributed by atoms with Gasteiger partial charge in [0.2, 0.25) is 0 Å². The van der Waals surface area contributed by atoms with Crippen LogP contribution < -0.4 is 10.6 Å². The summed E-state index contributed by atoms with van der Waals surface area (Å²) in [7, 11) is 0. The van der Waals surface area contributed by atoms with Crippen molar-refractivity contribution >= 4 is 46.3 Å². The first kappa shape index (κ1) is 15.1. The zero-order valence-electron chi connectivity index (χ0n) is 10.4. The number of hydrogen-bond donors (Lipinski definition) is 2. The van der Waals surface area contributed by atoms with Crippen molar-refractivity contribution in [2.24, 2.45) is 0 Å². The second kappa shape index (κ2) is 6.43. The topological polar surface area (TPSA) is 41.1 Å². The van der Waals surface area contributed by atoms with Crippen LogP contribution in [-0.2, 0) is 0 Å². The van der Waals surface area contributed by atoms with Gasteiger partial charge in [-0.05, 0) is 37.3 Å². The summed E-state index contributed by atoms with van der Waals surface area (Å²) in [6.45, 7) is 1.85. The lowest BCUT2D eigenvalue weighted by Gasteiger charge is -2.13. The van der Waals surface area contributed by atoms with Crippen molar-refractivity contribution in [3.63, 3.8) is 0 Å². The maximum absolute atomic E-state index is 13.0. The predicted molar refractivity (Wildman–Crippen MR) is 81.3 cm³/mol. The summed E-state index contributed by atoms with van der Waals surface area (Å²) in [6, 6.07) is 7.04. The molecule has 1 aromatic carbocycles. The van der Waals surface area contributed by atoms with Crippen molar-refractivity contribution in [3.8, 4) is 0 Å². The summed E-state index contributed by atoms with van der Waals surface area (Å²) < 4.78 is 13.7. The Labute approximate surface area is 129 Å². The van der Waals surface area contributed by atoms with Gasteiger partial charge in [0.05, 0.1) is 15.4 Å². The van der Waals surface area contributed by atoms with Crippen molar-refractivity contribution in [1.82, 2.24) is 5.32 Å². The first-order valence-electron chi connectivity index (χ1n) is 5.73. The molecule has 0 saturated heterocycles. The van der Waals surface area contributed by atoms with E-state index >= 15 is 0 Å². The van der Waals surface area contributed by atoms with Crippen LogP contribution in [0.15, 0.2) is 30.3 Å². The highest BCUT2D eigenvalue weighted by Gasteiger charge is 2.12. The van der Waals surface area contributed by atoms with Gasteiger partial charge in [-0.2, -0.15) is 0 Å². The van der Waals surface area contributed by atoms with Crippen LogP contribution >= 0.6 is 34.5 Å². The van der Waals surface area contributed by atoms with Gasteiger partial charge in [0.15, 0.2) is 0 Å². The molecule has 0 aliphatic carbocycles. The molecule has 2 N–H and O–H groups in total. The number of amides is 2. The van der Waals surface area contributed by atoms with E-state index in [4.69, 9.17) is 23.2 Å². The molecule has 0 radical (unpaired) electrons. The van der Waals surface area contributed by atoms with Crippen LogP contribution in [0.4, 0.5) is 14.9 Å². The van der Waals surface area contributed by atoms with E-state index < -0.39 is 11.8 Å². The van der Waals surface area contributed by atoms with Gasteiger partial charge >= 0.3 is 6.03 Å². The first-order chi connectivity index (χ1) is 9.45. The van der Waals surface area contributed by atoms with Gasteiger partial charge in [0, 0.05) is 10.6 Å². The second-order valence-corrected chi connectivity index (χ2v) is 6.24. The zero-order valence-corrected chi connectivity index (χ0v) is 12.7. The summed E-state index contributed by atoms with van der Waals surface area (Å²) in [4.78, 5) is 12.8. The smallest absolute Gasteiger partial charge is 0.319 e. The Balaban J connectivity index is 1.96. The Hall–Kier alpha value is -1.30. The van der Waals surface area contributed by atoms with Gasteiger partial charge in [0.25, 0.3) is 0 Å². The number of hydrogen-bond acceptors (Lipinski definition) is 2. The fourth-order valence-corrected chi connectivity index (χ4v) is 2.81. The molecule has 0 aliphatic heterocycles. The Morgan fingerprint density at radius 2 is 2.05 bits per heavy atom. The number of anilines is 1. The minimum absolute atomic E-state index is 0.0408. The second-order valence-electron chi connectivity index (χ2n) is 4.09. The van der Waals surface area contributed by atoms with Crippen molar-refractivity contribution < 1.29 is 9.18 Å². The van der Waals surface area contributed by atoms with E-state index in [1.165, 1.54) is 29.5 Å². The number of nitrogens with one attached hydrogen (secondary N) is 2. The summed E-state index contributed by atoms with van der Waals surface area (Å²) in [5, 5.41) is 5.30. The minimum Gasteiger partial charge on any atom is -0.331 e. The number of rotatable bonds is 3. The molecule has 0 bridgehead atoms. The van der Waals surface area contributed by atoms with Crippen molar-refractivity contribution in [3.05, 3.63) is 50.4 Å². The van der Waals surface area contributed by atoms with Crippen LogP contribution in [0.5, 0.6) is 0 Å². The summed E-state index contributed by atoms with van der Waals surface area (Å²) in [5.74, 6) is -0.528. The molecule has 7 heteroatoms. The van der Waals surface area contributed by atoms with Gasteiger partial charge in [-0.15, -0.1) is 11.3 Å². The highest BCUT2D eigenvalue weighted by Crippen LogP contribution is 2.26. The van der Waals surface area contributed by atoms with E-state index in [1.54, 1.807) is 6.07 Å². The molecule has 1 aromatic heterocycles. The quantitative estimate of drug-likeness (QED) is 0.808. The average molecular weight is 333 g/mol. The normalized spacial score (nSPS) is 12.0. The molecule has 2 aromatic rings. The molecule has 2 rings (SSSR count). The van der Waals surface area contributed by atoms with Crippen molar-refractivity contribution in [2.75, 3.05) is 5.32 Å². The van der Waals surface area contributed by atoms with Gasteiger partial charge < -0.3 is 10.6 Å². The third-order valence-electron chi connectivity index (χ3n) is 2.55. The average Bonchev–Trinajstić information content (AvgIpc) is 2.80. The molecule has 0 unspecified atom stereocenters. The third kappa shape index (κ3) is 3.85. The maximum atomic E-state index is 13.0. The molecule has 0 fully saturated rings. The monoisotopic (exact) mass is 332 g/mol. The van der Waals surface area contributed by atoms with Gasteiger partial charge in [-0.25, -0.2) is 9.18 Å². The maximum Gasteiger partial charge on any atom is 0.319 e. The van der Waals surface area contributed by atoms with Gasteiger partial charge in [-0.3, -0.25) is 0 Å². The SMILES string of the molecule is C[C@H](NC(=O)Nc1ccc(F)c(Cl)c1)c1ccc(Cl)s1. The number of benzene rings is 1. The number of carbonyl (C=O) groups is 1. The molecule has 106 valence electrons. The van der Waals surface area contributed by atoms with Crippen molar-refractivity contribution in [2.45, 2.75) is 13.0 Å². The largest absolute Gasteiger partial charge is 0.331 e. The van der Waals surface area contributed by atoms with Gasteiger partial charge in [-0.1, -0.05) is 23.2 Å². The standard InChI is InChI=1S/C13H11Cl2FN2OS/c1-7(11-4-5-12(15)20-11)17-13(19)18-8-2-3-10(16)9(14)6-8/h2-7H,1H3,(H2,17,18,19)/t7-/m0/s1. The van der Waals surface area contributed by atoms with Crippen LogP contribution in [0.25, 0.3) is 0 Å². The number of urea groups is 1. The van der Waals surface area contributed by atoms with E-state index in [0.717, 1.165) is 4.88 Å². The van der Waals surface area contributed by atoms with Crippen LogP contribution in [0.3, 0.4) is 0 Å². The lowest BCUT2D eigenvalue weighted by Crippen LogP contribution is -2.30. The third-order valence-corrected chi connectivity index (χ3v) is 4.25. The molecule has 20 heavy (non-hydrogen) atoms.